The molecule has 182 valence electrons. The molecule has 7 nitrogen and oxygen atoms in total. The van der Waals surface area contributed by atoms with Crippen LogP contribution in [0.3, 0.4) is 0 Å². The molecule has 0 spiro atoms. The second-order valence-corrected chi connectivity index (χ2v) is 12.5. The summed E-state index contributed by atoms with van der Waals surface area (Å²) in [5.74, 6) is -2.00. The highest BCUT2D eigenvalue weighted by Crippen LogP contribution is 2.46. The van der Waals surface area contributed by atoms with Gasteiger partial charge >= 0.3 is 0 Å². The Morgan fingerprint density at radius 2 is 1.82 bits per heavy atom. The summed E-state index contributed by atoms with van der Waals surface area (Å²) in [6.07, 6.45) is 3.72. The van der Waals surface area contributed by atoms with Crippen molar-refractivity contribution in [3.05, 3.63) is 77.9 Å². The van der Waals surface area contributed by atoms with Crippen molar-refractivity contribution in [3.63, 3.8) is 0 Å². The molecule has 1 heterocycles. The van der Waals surface area contributed by atoms with Gasteiger partial charge in [0.1, 0.15) is 29.9 Å². The fourth-order valence-electron chi connectivity index (χ4n) is 3.67. The van der Waals surface area contributed by atoms with Gasteiger partial charge in [0.15, 0.2) is 15.6 Å². The third-order valence-corrected chi connectivity index (χ3v) is 8.26. The van der Waals surface area contributed by atoms with E-state index in [1.54, 1.807) is 20.8 Å². The Labute approximate surface area is 201 Å². The predicted octanol–water partition coefficient (Wildman–Crippen LogP) is 3.63. The summed E-state index contributed by atoms with van der Waals surface area (Å²) < 4.78 is 51.9. The minimum absolute atomic E-state index is 0.0960. The normalized spacial score (nSPS) is 15.0. The summed E-state index contributed by atoms with van der Waals surface area (Å²) in [5, 5.41) is 15.1. The average molecular weight is 510 g/mol. The Hall–Kier alpha value is -2.63. The lowest BCUT2D eigenvalue weighted by Gasteiger charge is -2.43. The predicted molar refractivity (Wildman–Crippen MR) is 125 cm³/mol. The van der Waals surface area contributed by atoms with Crippen LogP contribution in [0, 0.1) is 11.6 Å². The maximum Gasteiger partial charge on any atom is 0.175 e. The molecule has 0 fully saturated rings. The van der Waals surface area contributed by atoms with E-state index in [-0.39, 0.29) is 22.8 Å². The number of sulfone groups is 1. The van der Waals surface area contributed by atoms with Gasteiger partial charge in [0.25, 0.3) is 0 Å². The number of aromatic nitrogens is 3. The Morgan fingerprint density at radius 1 is 1.18 bits per heavy atom. The Balaban J connectivity index is 1.93. The minimum atomic E-state index is -3.40. The van der Waals surface area contributed by atoms with E-state index in [2.05, 4.69) is 10.1 Å². The first kappa shape index (κ1) is 26.0. The van der Waals surface area contributed by atoms with Crippen LogP contribution in [-0.2, 0) is 22.0 Å². The number of aliphatic hydroxyl groups is 1. The number of hydrogen-bond donors (Lipinski definition) is 1. The van der Waals surface area contributed by atoms with Gasteiger partial charge in [-0.2, -0.15) is 5.10 Å². The quantitative estimate of drug-likeness (QED) is 0.440. The molecule has 11 heteroatoms. The number of rotatable bonds is 9. The van der Waals surface area contributed by atoms with Gasteiger partial charge in [0.2, 0.25) is 0 Å². The molecule has 34 heavy (non-hydrogen) atoms. The molecule has 0 aliphatic carbocycles. The summed E-state index contributed by atoms with van der Waals surface area (Å²) >= 11 is 1.11. The molecule has 1 N–H and O–H groups in total. The number of carbonyl (C=O) groups excluding carboxylic acids is 1. The standard InChI is InChI=1S/C23H25F2N3O4S2/c1-15(21(29)16-5-8-18(9-6-16)34(4,31)32)33-22(2,3)23(30,12-28-14-26-13-27-28)19-10-7-17(24)11-20(19)25/h5-11,13-15,30H,12H2,1-4H3. The highest BCUT2D eigenvalue weighted by Gasteiger charge is 2.49. The number of thioether (sulfide) groups is 1. The molecule has 0 bridgehead atoms. The zero-order valence-corrected chi connectivity index (χ0v) is 20.7. The maximum atomic E-state index is 14.8. The average Bonchev–Trinajstić information content (AvgIpc) is 3.25. The summed E-state index contributed by atoms with van der Waals surface area (Å²) in [5.41, 5.74) is -1.74. The fraction of sp³-hybridized carbons (Fsp3) is 0.348. The van der Waals surface area contributed by atoms with Crippen molar-refractivity contribution in [2.45, 2.75) is 47.8 Å². The van der Waals surface area contributed by atoms with E-state index >= 15 is 0 Å². The third kappa shape index (κ3) is 5.37. The van der Waals surface area contributed by atoms with E-state index in [1.165, 1.54) is 47.7 Å². The van der Waals surface area contributed by atoms with Crippen molar-refractivity contribution in [2.24, 2.45) is 0 Å². The molecule has 0 amide bonds. The van der Waals surface area contributed by atoms with Crippen LogP contribution in [0.25, 0.3) is 0 Å². The summed E-state index contributed by atoms with van der Waals surface area (Å²) in [4.78, 5) is 17.0. The van der Waals surface area contributed by atoms with Crippen LogP contribution in [0.5, 0.6) is 0 Å². The second-order valence-electron chi connectivity index (χ2n) is 8.51. The number of Topliss-reactive ketones (excluding diaryl/α,β-unsaturated/α-hetero) is 1. The Kier molecular flexibility index (Phi) is 7.30. The Morgan fingerprint density at radius 3 is 2.35 bits per heavy atom. The van der Waals surface area contributed by atoms with E-state index in [0.717, 1.165) is 24.1 Å². The monoisotopic (exact) mass is 509 g/mol. The third-order valence-electron chi connectivity index (χ3n) is 5.64. The number of carbonyl (C=O) groups is 1. The zero-order valence-electron chi connectivity index (χ0n) is 19.1. The molecule has 0 saturated carbocycles. The van der Waals surface area contributed by atoms with Crippen LogP contribution in [0.1, 0.15) is 36.7 Å². The first-order chi connectivity index (χ1) is 15.7. The molecule has 0 aliphatic rings. The first-order valence-electron chi connectivity index (χ1n) is 10.3. The smallest absolute Gasteiger partial charge is 0.175 e. The van der Waals surface area contributed by atoms with Gasteiger partial charge in [0, 0.05) is 28.2 Å². The molecule has 2 unspecified atom stereocenters. The van der Waals surface area contributed by atoms with Crippen LogP contribution in [0.15, 0.2) is 60.0 Å². The van der Waals surface area contributed by atoms with Gasteiger partial charge in [-0.05, 0) is 39.0 Å². The molecule has 1 aromatic heterocycles. The largest absolute Gasteiger partial charge is 0.382 e. The minimum Gasteiger partial charge on any atom is -0.382 e. The summed E-state index contributed by atoms with van der Waals surface area (Å²) in [6, 6.07) is 8.53. The van der Waals surface area contributed by atoms with E-state index in [9.17, 15) is 27.1 Å². The molecule has 0 radical (unpaired) electrons. The Bertz CT molecular complexity index is 1280. The molecule has 3 rings (SSSR count). The maximum absolute atomic E-state index is 14.8. The topological polar surface area (TPSA) is 102 Å². The molecule has 2 atom stereocenters. The van der Waals surface area contributed by atoms with Crippen molar-refractivity contribution >= 4 is 27.4 Å². The molecule has 0 aliphatic heterocycles. The van der Waals surface area contributed by atoms with Crippen LogP contribution in [0.2, 0.25) is 0 Å². The van der Waals surface area contributed by atoms with Gasteiger partial charge in [-0.15, -0.1) is 11.8 Å². The van der Waals surface area contributed by atoms with Crippen LogP contribution < -0.4 is 0 Å². The molecule has 3 aromatic rings. The number of hydrogen-bond acceptors (Lipinski definition) is 7. The second kappa shape index (κ2) is 9.55. The zero-order chi connectivity index (χ0) is 25.3. The molecular weight excluding hydrogens is 484 g/mol. The lowest BCUT2D eigenvalue weighted by molar-refractivity contribution is -0.0170. The number of halogens is 2. The fourth-order valence-corrected chi connectivity index (χ4v) is 5.79. The van der Waals surface area contributed by atoms with Gasteiger partial charge in [-0.25, -0.2) is 26.9 Å². The lowest BCUT2D eigenvalue weighted by Crippen LogP contribution is -2.50. The van der Waals surface area contributed by atoms with Crippen molar-refractivity contribution in [3.8, 4) is 0 Å². The van der Waals surface area contributed by atoms with E-state index < -0.39 is 37.1 Å². The molecular formula is C23H25F2N3O4S2. The van der Waals surface area contributed by atoms with E-state index in [1.807, 2.05) is 0 Å². The van der Waals surface area contributed by atoms with Crippen molar-refractivity contribution in [1.29, 1.82) is 0 Å². The number of benzene rings is 2. The van der Waals surface area contributed by atoms with Crippen LogP contribution in [-0.4, -0.2) is 50.3 Å². The summed E-state index contributed by atoms with van der Waals surface area (Å²) in [6.45, 7) is 4.78. The van der Waals surface area contributed by atoms with Crippen molar-refractivity contribution < 1.29 is 27.1 Å². The highest BCUT2D eigenvalue weighted by atomic mass is 32.2. The van der Waals surface area contributed by atoms with Gasteiger partial charge in [0.05, 0.1) is 16.7 Å². The van der Waals surface area contributed by atoms with Crippen LogP contribution in [0.4, 0.5) is 8.78 Å². The van der Waals surface area contributed by atoms with E-state index in [4.69, 9.17) is 0 Å². The van der Waals surface area contributed by atoms with E-state index in [0.29, 0.717) is 11.6 Å². The van der Waals surface area contributed by atoms with Crippen molar-refractivity contribution in [2.75, 3.05) is 6.26 Å². The van der Waals surface area contributed by atoms with Gasteiger partial charge in [-0.3, -0.25) is 4.79 Å². The molecule has 0 saturated heterocycles. The SMILES string of the molecule is CC(SC(C)(C)C(O)(Cn1cncn1)c1ccc(F)cc1F)C(=O)c1ccc(S(C)(=O)=O)cc1. The van der Waals surface area contributed by atoms with Crippen LogP contribution >= 0.6 is 11.8 Å². The highest BCUT2D eigenvalue weighted by molar-refractivity contribution is 8.02. The van der Waals surface area contributed by atoms with Crippen molar-refractivity contribution in [1.82, 2.24) is 14.8 Å². The number of ketones is 1. The molecule has 2 aromatic carbocycles. The van der Waals surface area contributed by atoms with Gasteiger partial charge < -0.3 is 5.11 Å². The summed E-state index contributed by atoms with van der Waals surface area (Å²) in [7, 11) is -3.40. The first-order valence-corrected chi connectivity index (χ1v) is 13.0. The number of nitrogens with zero attached hydrogens (tertiary/aromatic N) is 3. The van der Waals surface area contributed by atoms with Gasteiger partial charge in [-0.1, -0.05) is 18.2 Å². The lowest BCUT2D eigenvalue weighted by atomic mass is 9.82.